The fraction of sp³-hybridized carbons (Fsp3) is 0.346. The van der Waals surface area contributed by atoms with Crippen LogP contribution in [0.1, 0.15) is 35.1 Å². The van der Waals surface area contributed by atoms with Crippen LogP contribution in [0.3, 0.4) is 0 Å². The second-order valence-electron chi connectivity index (χ2n) is 9.29. The van der Waals surface area contributed by atoms with E-state index in [0.29, 0.717) is 5.56 Å². The van der Waals surface area contributed by atoms with E-state index in [-0.39, 0.29) is 36.4 Å². The van der Waals surface area contributed by atoms with Gasteiger partial charge >= 0.3 is 0 Å². The van der Waals surface area contributed by atoms with E-state index < -0.39 is 0 Å². The van der Waals surface area contributed by atoms with Gasteiger partial charge in [0.1, 0.15) is 18.6 Å². The highest BCUT2D eigenvalue weighted by molar-refractivity contribution is 9.10. The van der Waals surface area contributed by atoms with Crippen LogP contribution >= 0.6 is 15.9 Å². The van der Waals surface area contributed by atoms with Crippen molar-refractivity contribution in [3.05, 3.63) is 82.3 Å². The third-order valence-corrected chi connectivity index (χ3v) is 7.90. The van der Waals surface area contributed by atoms with Gasteiger partial charge in [-0.25, -0.2) is 9.13 Å². The van der Waals surface area contributed by atoms with Gasteiger partial charge < -0.3 is 9.80 Å². The molecule has 0 bridgehead atoms. The van der Waals surface area contributed by atoms with Crippen LogP contribution in [0, 0.1) is 6.92 Å². The molecule has 5 rings (SSSR count). The molecule has 33 heavy (non-hydrogen) atoms. The van der Waals surface area contributed by atoms with E-state index in [9.17, 15) is 9.59 Å². The van der Waals surface area contributed by atoms with Gasteiger partial charge in [-0.2, -0.15) is 0 Å². The molecule has 0 radical (unpaired) electrons. The number of rotatable bonds is 5. The van der Waals surface area contributed by atoms with E-state index in [2.05, 4.69) is 59.1 Å². The monoisotopic (exact) mass is 507 g/mol. The molecule has 3 heterocycles. The first-order valence-electron chi connectivity index (χ1n) is 11.3. The smallest absolute Gasteiger partial charge is 0.266 e. The zero-order chi connectivity index (χ0) is 23.3. The first-order chi connectivity index (χ1) is 15.8. The maximum Gasteiger partial charge on any atom is 0.266 e. The third-order valence-electron chi connectivity index (χ3n) is 7.37. The number of hydrogen-bond donors (Lipinski definition) is 0. The van der Waals surface area contributed by atoms with Crippen molar-refractivity contribution in [2.75, 3.05) is 18.5 Å². The average Bonchev–Trinajstić information content (AvgIpc) is 3.40. The number of anilines is 1. The number of ketones is 1. The number of nitrogens with zero attached hydrogens (tertiary/aromatic N) is 4. The van der Waals surface area contributed by atoms with Crippen LogP contribution in [-0.2, 0) is 23.3 Å². The van der Waals surface area contributed by atoms with Crippen molar-refractivity contribution in [2.45, 2.75) is 44.9 Å². The Labute approximate surface area is 202 Å². The predicted molar refractivity (Wildman–Crippen MR) is 130 cm³/mol. The number of halogens is 1. The molecule has 2 aromatic carbocycles. The number of likely N-dealkylation sites (tertiary alicyclic amines) is 1. The quantitative estimate of drug-likeness (QED) is 0.390. The summed E-state index contributed by atoms with van der Waals surface area (Å²) in [7, 11) is 2.09. The minimum atomic E-state index is -0.0518. The molecular formula is C26H28BrN4O2+. The Balaban J connectivity index is 1.31. The Morgan fingerprint density at radius 1 is 1.15 bits per heavy atom. The lowest BCUT2D eigenvalue weighted by Gasteiger charge is -2.34. The van der Waals surface area contributed by atoms with Crippen molar-refractivity contribution in [3.8, 4) is 0 Å². The van der Waals surface area contributed by atoms with Crippen LogP contribution in [0.15, 0.2) is 65.4 Å². The number of likely N-dealkylation sites (N-methyl/N-ethyl adjacent to an activating group) is 1. The van der Waals surface area contributed by atoms with Gasteiger partial charge in [0.05, 0.1) is 0 Å². The molecule has 1 fully saturated rings. The summed E-state index contributed by atoms with van der Waals surface area (Å²) in [5.74, 6) is 1.03. The molecule has 1 aromatic heterocycles. The van der Waals surface area contributed by atoms with Crippen LogP contribution in [0.2, 0.25) is 0 Å². The van der Waals surface area contributed by atoms with Crippen LogP contribution in [0.5, 0.6) is 0 Å². The lowest BCUT2D eigenvalue weighted by molar-refractivity contribution is -0.688. The van der Waals surface area contributed by atoms with E-state index in [0.717, 1.165) is 23.3 Å². The first-order valence-corrected chi connectivity index (χ1v) is 12.0. The number of imidazole rings is 1. The molecule has 170 valence electrons. The number of aromatic nitrogens is 2. The molecule has 1 saturated heterocycles. The maximum absolute atomic E-state index is 13.4. The van der Waals surface area contributed by atoms with Gasteiger partial charge in [0.25, 0.3) is 11.7 Å². The van der Waals surface area contributed by atoms with E-state index in [1.807, 2.05) is 57.6 Å². The first kappa shape index (κ1) is 21.9. The molecule has 2 unspecified atom stereocenters. The van der Waals surface area contributed by atoms with Crippen LogP contribution in [0.25, 0.3) is 0 Å². The van der Waals surface area contributed by atoms with Crippen molar-refractivity contribution in [2.24, 2.45) is 0 Å². The minimum Gasteiger partial charge on any atom is -0.353 e. The minimum absolute atomic E-state index is 0.0318. The van der Waals surface area contributed by atoms with Gasteiger partial charge in [0, 0.05) is 41.7 Å². The molecule has 2 aliphatic heterocycles. The zero-order valence-corrected chi connectivity index (χ0v) is 20.7. The average molecular weight is 508 g/mol. The van der Waals surface area contributed by atoms with Crippen LogP contribution in [-0.4, -0.2) is 40.9 Å². The Morgan fingerprint density at radius 3 is 2.64 bits per heavy atom. The maximum atomic E-state index is 13.4. The second kappa shape index (κ2) is 8.13. The topological polar surface area (TPSA) is 49.4 Å². The number of carbonyl (C=O) groups is 2. The van der Waals surface area contributed by atoms with E-state index >= 15 is 0 Å². The predicted octanol–water partition coefficient (Wildman–Crippen LogP) is 3.70. The molecule has 0 spiro atoms. The van der Waals surface area contributed by atoms with Gasteiger partial charge in [-0.3, -0.25) is 9.59 Å². The molecule has 0 aliphatic carbocycles. The van der Waals surface area contributed by atoms with Crippen LogP contribution in [0.4, 0.5) is 5.69 Å². The number of carbonyl (C=O) groups excluding carboxylic acids is 2. The van der Waals surface area contributed by atoms with Crippen molar-refractivity contribution < 1.29 is 14.2 Å². The van der Waals surface area contributed by atoms with E-state index in [1.54, 1.807) is 0 Å². The Bertz CT molecular complexity index is 1240. The zero-order valence-electron chi connectivity index (χ0n) is 19.2. The molecule has 3 aromatic rings. The number of hydrogen-bond acceptors (Lipinski definition) is 3. The summed E-state index contributed by atoms with van der Waals surface area (Å²) >= 11 is 3.40. The second-order valence-corrected chi connectivity index (χ2v) is 10.2. The number of para-hydroxylation sites is 1. The lowest BCUT2D eigenvalue weighted by atomic mass is 9.81. The highest BCUT2D eigenvalue weighted by Crippen LogP contribution is 2.51. The summed E-state index contributed by atoms with van der Waals surface area (Å²) < 4.78 is 4.79. The summed E-state index contributed by atoms with van der Waals surface area (Å²) in [6, 6.07) is 15.9. The summed E-state index contributed by atoms with van der Waals surface area (Å²) in [6.07, 6.45) is 4.76. The summed E-state index contributed by atoms with van der Waals surface area (Å²) in [6.45, 7) is 5.49. The molecule has 1 amide bonds. The Morgan fingerprint density at radius 2 is 1.88 bits per heavy atom. The number of amides is 1. The largest absolute Gasteiger partial charge is 0.353 e. The van der Waals surface area contributed by atoms with Crippen molar-refractivity contribution in [3.63, 3.8) is 0 Å². The van der Waals surface area contributed by atoms with E-state index in [1.165, 1.54) is 11.3 Å². The molecular weight excluding hydrogens is 480 g/mol. The molecule has 0 N–H and O–H groups in total. The molecule has 2 atom stereocenters. The summed E-state index contributed by atoms with van der Waals surface area (Å²) in [5, 5.41) is 0. The van der Waals surface area contributed by atoms with Gasteiger partial charge in [-0.1, -0.05) is 53.2 Å². The third kappa shape index (κ3) is 3.59. The van der Waals surface area contributed by atoms with Gasteiger partial charge in [-0.15, -0.1) is 0 Å². The standard InChI is InChI=1S/C26H28BrN4O2/c1-18-29(16-23(32)19-8-10-20(27)11-9-19)14-15-30(18)17-24(33)31-13-12-26(2)21-6-4-5-7-22(21)28(3)25(26)31/h4-11,14-15,25H,12-13,16-17H2,1-3H3/q+1. The number of fused-ring (bicyclic) bond motifs is 3. The fourth-order valence-electron chi connectivity index (χ4n) is 5.51. The number of benzene rings is 2. The van der Waals surface area contributed by atoms with Crippen LogP contribution < -0.4 is 9.47 Å². The Hall–Kier alpha value is -2.93. The van der Waals surface area contributed by atoms with Crippen molar-refractivity contribution >= 4 is 33.3 Å². The van der Waals surface area contributed by atoms with Gasteiger partial charge in [0.2, 0.25) is 5.78 Å². The number of Topliss-reactive ketones (excluding diaryl/α,β-unsaturated/α-hetero) is 1. The highest BCUT2D eigenvalue weighted by atomic mass is 79.9. The molecule has 2 aliphatic rings. The Kier molecular flexibility index (Phi) is 5.40. The normalized spacial score (nSPS) is 21.3. The van der Waals surface area contributed by atoms with Crippen molar-refractivity contribution in [1.82, 2.24) is 9.47 Å². The summed E-state index contributed by atoms with van der Waals surface area (Å²) in [4.78, 5) is 30.4. The molecule has 7 heteroatoms. The fourth-order valence-corrected chi connectivity index (χ4v) is 5.77. The van der Waals surface area contributed by atoms with Gasteiger partial charge in [0.15, 0.2) is 13.1 Å². The van der Waals surface area contributed by atoms with Crippen molar-refractivity contribution in [1.29, 1.82) is 0 Å². The lowest BCUT2D eigenvalue weighted by Crippen LogP contribution is -2.50. The summed E-state index contributed by atoms with van der Waals surface area (Å²) in [5.41, 5.74) is 3.16. The SMILES string of the molecule is Cc1n(CC(=O)N2CCC3(C)c4ccccc4N(C)C23)cc[n+]1CC(=O)c1ccc(Br)cc1. The van der Waals surface area contributed by atoms with E-state index in [4.69, 9.17) is 0 Å². The highest BCUT2D eigenvalue weighted by Gasteiger charge is 2.54. The molecule has 6 nitrogen and oxygen atoms in total. The van der Waals surface area contributed by atoms with Gasteiger partial charge in [-0.05, 0) is 30.2 Å². The molecule has 0 saturated carbocycles.